The highest BCUT2D eigenvalue weighted by atomic mass is 16.6. The van der Waals surface area contributed by atoms with Crippen LogP contribution in [0.2, 0.25) is 0 Å². The fraction of sp³-hybridized carbons (Fsp3) is 0.588. The highest BCUT2D eigenvalue weighted by Crippen LogP contribution is 2.48. The maximum atomic E-state index is 11.9. The maximum Gasteiger partial charge on any atom is 0.253 e. The topological polar surface area (TPSA) is 79.0 Å². The van der Waals surface area contributed by atoms with Gasteiger partial charge >= 0.3 is 0 Å². The van der Waals surface area contributed by atoms with Crippen LogP contribution in [0.1, 0.15) is 33.6 Å². The monoisotopic (exact) mass is 318 g/mol. The van der Waals surface area contributed by atoms with Gasteiger partial charge in [0.2, 0.25) is 5.91 Å². The summed E-state index contributed by atoms with van der Waals surface area (Å²) in [6.07, 6.45) is 8.46. The lowest BCUT2D eigenvalue weighted by molar-refractivity contribution is -0.137. The van der Waals surface area contributed by atoms with Crippen molar-refractivity contribution in [3.05, 3.63) is 12.2 Å². The average molecular weight is 318 g/mol. The summed E-state index contributed by atoms with van der Waals surface area (Å²) >= 11 is 0. The molecule has 2 atom stereocenters. The fourth-order valence-corrected chi connectivity index (χ4v) is 2.94. The second-order valence-corrected chi connectivity index (χ2v) is 6.87. The van der Waals surface area contributed by atoms with Gasteiger partial charge in [0.25, 0.3) is 11.8 Å². The van der Waals surface area contributed by atoms with Gasteiger partial charge in [-0.05, 0) is 6.92 Å². The molecule has 2 rings (SSSR count). The summed E-state index contributed by atoms with van der Waals surface area (Å²) in [5, 5.41) is 2.80. The van der Waals surface area contributed by atoms with Crippen molar-refractivity contribution in [2.24, 2.45) is 5.41 Å². The smallest absolute Gasteiger partial charge is 0.253 e. The van der Waals surface area contributed by atoms with Gasteiger partial charge in [-0.2, -0.15) is 0 Å². The van der Waals surface area contributed by atoms with Crippen LogP contribution in [0.5, 0.6) is 0 Å². The van der Waals surface area contributed by atoms with Gasteiger partial charge in [0.05, 0.1) is 6.10 Å². The highest BCUT2D eigenvalue weighted by molar-refractivity contribution is 6.13. The summed E-state index contributed by atoms with van der Waals surface area (Å²) in [5.41, 5.74) is -0.564. The van der Waals surface area contributed by atoms with E-state index in [4.69, 9.17) is 11.2 Å². The fourth-order valence-electron chi connectivity index (χ4n) is 2.94. The molecule has 23 heavy (non-hydrogen) atoms. The Hall–Kier alpha value is -2.13. The number of epoxide rings is 1. The van der Waals surface area contributed by atoms with Crippen molar-refractivity contribution >= 4 is 17.7 Å². The zero-order valence-electron chi connectivity index (χ0n) is 13.7. The molecule has 2 unspecified atom stereocenters. The number of hydrogen-bond donors (Lipinski definition) is 1. The summed E-state index contributed by atoms with van der Waals surface area (Å²) in [6, 6.07) is 0. The number of nitrogens with one attached hydrogen (secondary N) is 1. The highest BCUT2D eigenvalue weighted by Gasteiger charge is 2.59. The normalized spacial score (nSPS) is 26.3. The molecule has 2 aliphatic rings. The molecule has 3 amide bonds. The van der Waals surface area contributed by atoms with E-state index in [1.165, 1.54) is 12.2 Å². The molecule has 0 aromatic carbocycles. The van der Waals surface area contributed by atoms with Crippen molar-refractivity contribution in [3.63, 3.8) is 0 Å². The minimum atomic E-state index is -0.420. The Labute approximate surface area is 136 Å². The number of imide groups is 1. The van der Waals surface area contributed by atoms with Gasteiger partial charge in [-0.25, -0.2) is 0 Å². The second-order valence-electron chi connectivity index (χ2n) is 6.87. The molecule has 2 aliphatic heterocycles. The van der Waals surface area contributed by atoms with Crippen LogP contribution in [-0.4, -0.2) is 47.4 Å². The molecule has 1 saturated heterocycles. The lowest BCUT2D eigenvalue weighted by Crippen LogP contribution is -2.39. The van der Waals surface area contributed by atoms with Crippen molar-refractivity contribution in [1.82, 2.24) is 10.2 Å². The summed E-state index contributed by atoms with van der Waals surface area (Å²) in [6.45, 7) is 6.49. The third kappa shape index (κ3) is 3.80. The van der Waals surface area contributed by atoms with Crippen LogP contribution in [0.4, 0.5) is 0 Å². The Bertz CT molecular complexity index is 584. The van der Waals surface area contributed by atoms with Gasteiger partial charge in [0.1, 0.15) is 5.60 Å². The molecule has 6 heteroatoms. The molecule has 0 saturated carbocycles. The van der Waals surface area contributed by atoms with E-state index in [0.29, 0.717) is 13.0 Å². The standard InChI is InChI=1S/C17H22N2O4/c1-5-9-16(2,3)15-17(4,23-15)11-18-12(20)8-10-19-13(21)6-7-14(19)22/h1,6-7,15H,8-11H2,2-4H3,(H,18,20). The van der Waals surface area contributed by atoms with E-state index in [1.807, 2.05) is 20.8 Å². The molecule has 124 valence electrons. The van der Waals surface area contributed by atoms with Crippen LogP contribution in [0, 0.1) is 17.8 Å². The zero-order valence-corrected chi connectivity index (χ0v) is 13.7. The van der Waals surface area contributed by atoms with E-state index in [-0.39, 0.29) is 42.2 Å². The van der Waals surface area contributed by atoms with Crippen LogP contribution in [0.15, 0.2) is 12.2 Å². The number of nitrogens with zero attached hydrogens (tertiary/aromatic N) is 1. The predicted molar refractivity (Wildman–Crippen MR) is 84.0 cm³/mol. The predicted octanol–water partition coefficient (Wildman–Crippen LogP) is 0.625. The van der Waals surface area contributed by atoms with Crippen molar-refractivity contribution in [2.45, 2.75) is 45.3 Å². The van der Waals surface area contributed by atoms with E-state index in [2.05, 4.69) is 11.2 Å². The Morgan fingerprint density at radius 3 is 2.61 bits per heavy atom. The van der Waals surface area contributed by atoms with Crippen LogP contribution in [0.25, 0.3) is 0 Å². The molecule has 0 aromatic rings. The molecule has 0 aromatic heterocycles. The van der Waals surface area contributed by atoms with Gasteiger partial charge in [0, 0.05) is 43.5 Å². The van der Waals surface area contributed by atoms with Gasteiger partial charge in [-0.3, -0.25) is 19.3 Å². The Morgan fingerprint density at radius 1 is 1.43 bits per heavy atom. The lowest BCUT2D eigenvalue weighted by Gasteiger charge is -2.21. The quantitative estimate of drug-likeness (QED) is 0.424. The minimum absolute atomic E-state index is 0.00251. The third-order valence-electron chi connectivity index (χ3n) is 4.25. The summed E-state index contributed by atoms with van der Waals surface area (Å²) in [7, 11) is 0. The van der Waals surface area contributed by atoms with Gasteiger partial charge in [-0.1, -0.05) is 13.8 Å². The molecule has 6 nitrogen and oxygen atoms in total. The third-order valence-corrected chi connectivity index (χ3v) is 4.25. The largest absolute Gasteiger partial charge is 0.364 e. The van der Waals surface area contributed by atoms with E-state index in [0.717, 1.165) is 4.90 Å². The number of terminal acetylenes is 1. The van der Waals surface area contributed by atoms with Crippen LogP contribution >= 0.6 is 0 Å². The molecule has 0 bridgehead atoms. The zero-order chi connectivity index (χ0) is 17.3. The van der Waals surface area contributed by atoms with Crippen molar-refractivity contribution in [1.29, 1.82) is 0 Å². The van der Waals surface area contributed by atoms with E-state index in [9.17, 15) is 14.4 Å². The van der Waals surface area contributed by atoms with Crippen molar-refractivity contribution in [3.8, 4) is 12.3 Å². The summed E-state index contributed by atoms with van der Waals surface area (Å²) in [4.78, 5) is 35.7. The first-order chi connectivity index (χ1) is 10.7. The molecule has 0 radical (unpaired) electrons. The maximum absolute atomic E-state index is 11.9. The van der Waals surface area contributed by atoms with Crippen molar-refractivity contribution in [2.75, 3.05) is 13.1 Å². The number of carbonyl (C=O) groups excluding carboxylic acids is 3. The molecule has 1 N–H and O–H groups in total. The first-order valence-corrected chi connectivity index (χ1v) is 7.61. The molecular weight excluding hydrogens is 296 g/mol. The number of carbonyl (C=O) groups is 3. The van der Waals surface area contributed by atoms with Crippen LogP contribution in [-0.2, 0) is 19.1 Å². The molecule has 1 fully saturated rings. The number of amides is 3. The molecule has 2 heterocycles. The van der Waals surface area contributed by atoms with Gasteiger partial charge in [-0.15, -0.1) is 12.3 Å². The number of rotatable bonds is 7. The van der Waals surface area contributed by atoms with Crippen molar-refractivity contribution < 1.29 is 19.1 Å². The van der Waals surface area contributed by atoms with Gasteiger partial charge < -0.3 is 10.1 Å². The Morgan fingerprint density at radius 2 is 2.04 bits per heavy atom. The van der Waals surface area contributed by atoms with Crippen LogP contribution in [0.3, 0.4) is 0 Å². The van der Waals surface area contributed by atoms with E-state index >= 15 is 0 Å². The first kappa shape index (κ1) is 17.2. The minimum Gasteiger partial charge on any atom is -0.364 e. The second kappa shape index (κ2) is 6.17. The lowest BCUT2D eigenvalue weighted by atomic mass is 9.81. The SMILES string of the molecule is C#CCC(C)(C)C1OC1(C)CNC(=O)CCN1C(=O)C=CC1=O. The van der Waals surface area contributed by atoms with Crippen LogP contribution < -0.4 is 5.32 Å². The number of hydrogen-bond acceptors (Lipinski definition) is 4. The summed E-state index contributed by atoms with van der Waals surface area (Å²) in [5.74, 6) is 1.67. The Balaban J connectivity index is 1.74. The molecule has 0 spiro atoms. The number of ether oxygens (including phenoxy) is 1. The first-order valence-electron chi connectivity index (χ1n) is 7.61. The van der Waals surface area contributed by atoms with Gasteiger partial charge in [0.15, 0.2) is 0 Å². The van der Waals surface area contributed by atoms with E-state index in [1.54, 1.807) is 0 Å². The average Bonchev–Trinajstić information content (AvgIpc) is 3.07. The Kier molecular flexibility index (Phi) is 4.62. The summed E-state index contributed by atoms with van der Waals surface area (Å²) < 4.78 is 5.75. The molecular formula is C17H22N2O4. The van der Waals surface area contributed by atoms with E-state index < -0.39 is 5.60 Å². The molecule has 0 aliphatic carbocycles.